The Morgan fingerprint density at radius 3 is 3.21 bits per heavy atom. The highest BCUT2D eigenvalue weighted by Gasteiger charge is 2.02. The van der Waals surface area contributed by atoms with Crippen molar-refractivity contribution in [1.82, 2.24) is 20.6 Å². The maximum atomic E-state index is 11.5. The second-order valence-corrected chi connectivity index (χ2v) is 4.96. The van der Waals surface area contributed by atoms with E-state index >= 15 is 0 Å². The Hall–Kier alpha value is -2.02. The highest BCUT2D eigenvalue weighted by molar-refractivity contribution is 7.11. The molecule has 2 rings (SSSR count). The molecule has 0 aliphatic carbocycles. The number of amides is 1. The van der Waals surface area contributed by atoms with E-state index in [1.165, 1.54) is 24.5 Å². The van der Waals surface area contributed by atoms with Crippen molar-refractivity contribution in [3.63, 3.8) is 0 Å². The third kappa shape index (κ3) is 4.29. The average Bonchev–Trinajstić information content (AvgIpc) is 3.05. The van der Waals surface area contributed by atoms with Crippen molar-refractivity contribution in [1.29, 1.82) is 0 Å². The topological polar surface area (TPSA) is 83.6 Å². The molecule has 2 N–H and O–H groups in total. The molecule has 2 aromatic heterocycles. The summed E-state index contributed by atoms with van der Waals surface area (Å²) >= 11 is 1.63. The molecule has 1 amide bonds. The van der Waals surface area contributed by atoms with Crippen molar-refractivity contribution in [3.05, 3.63) is 28.0 Å². The van der Waals surface area contributed by atoms with Crippen molar-refractivity contribution in [2.24, 2.45) is 0 Å². The normalized spacial score (nSPS) is 11.0. The summed E-state index contributed by atoms with van der Waals surface area (Å²) in [5, 5.41) is 17.5. The van der Waals surface area contributed by atoms with Crippen LogP contribution in [0.15, 0.2) is 17.5 Å². The van der Waals surface area contributed by atoms with Crippen molar-refractivity contribution < 1.29 is 4.79 Å². The van der Waals surface area contributed by atoms with Gasteiger partial charge >= 0.3 is 0 Å². The summed E-state index contributed by atoms with van der Waals surface area (Å²) in [5.41, 5.74) is 1.32. The Labute approximate surface area is 114 Å². The van der Waals surface area contributed by atoms with Gasteiger partial charge in [0.2, 0.25) is 0 Å². The summed E-state index contributed by atoms with van der Waals surface area (Å²) < 4.78 is 0. The molecular weight excluding hydrogens is 262 g/mol. The summed E-state index contributed by atoms with van der Waals surface area (Å²) in [7, 11) is 0. The number of carbonyl (C=O) groups excluding carboxylic acids is 1. The van der Waals surface area contributed by atoms with Gasteiger partial charge in [0.25, 0.3) is 11.9 Å². The van der Waals surface area contributed by atoms with Gasteiger partial charge in [-0.15, -0.1) is 16.4 Å². The molecule has 2 aromatic rings. The lowest BCUT2D eigenvalue weighted by Crippen LogP contribution is -2.08. The van der Waals surface area contributed by atoms with Crippen LogP contribution in [0, 0.1) is 0 Å². The Bertz CT molecular complexity index is 546. The predicted octanol–water partition coefficient (Wildman–Crippen LogP) is 2.26. The lowest BCUT2D eigenvalue weighted by atomic mass is 10.1. The molecule has 100 valence electrons. The van der Waals surface area contributed by atoms with Gasteiger partial charge in [0.05, 0.1) is 0 Å². The molecule has 0 unspecified atom stereocenters. The molecule has 0 saturated heterocycles. The zero-order chi connectivity index (χ0) is 13.5. The summed E-state index contributed by atoms with van der Waals surface area (Å²) in [5.74, 6) is -0.102. The molecule has 0 aliphatic heterocycles. The molecule has 0 atom stereocenters. The van der Waals surface area contributed by atoms with E-state index in [2.05, 4.69) is 44.3 Å². The highest BCUT2D eigenvalue weighted by atomic mass is 32.1. The first-order valence-corrected chi connectivity index (χ1v) is 6.96. The van der Waals surface area contributed by atoms with Crippen LogP contribution in [0.25, 0.3) is 6.08 Å². The molecule has 0 aromatic carbocycles. The second kappa shape index (κ2) is 6.79. The number of anilines is 1. The van der Waals surface area contributed by atoms with Gasteiger partial charge in [-0.25, -0.2) is 0 Å². The van der Waals surface area contributed by atoms with Crippen LogP contribution in [0.2, 0.25) is 0 Å². The number of aryl methyl sites for hydroxylation is 1. The molecule has 0 fully saturated rings. The van der Waals surface area contributed by atoms with E-state index in [1.807, 2.05) is 0 Å². The lowest BCUT2D eigenvalue weighted by molar-refractivity contribution is -0.111. The van der Waals surface area contributed by atoms with Crippen LogP contribution in [0.1, 0.15) is 30.2 Å². The molecule has 0 saturated carbocycles. The monoisotopic (exact) mass is 277 g/mol. The van der Waals surface area contributed by atoms with E-state index < -0.39 is 0 Å². The van der Waals surface area contributed by atoms with Gasteiger partial charge in [0, 0.05) is 11.0 Å². The molecule has 0 bridgehead atoms. The largest absolute Gasteiger partial charge is 0.288 e. The SMILES string of the molecule is CCCCc1csc(C=CC(=O)Nc2nn[nH]n2)c1. The van der Waals surface area contributed by atoms with Crippen molar-refractivity contribution >= 4 is 29.3 Å². The Kier molecular flexibility index (Phi) is 4.79. The number of aromatic amines is 1. The number of hydrogen-bond donors (Lipinski definition) is 2. The number of hydrogen-bond acceptors (Lipinski definition) is 5. The number of rotatable bonds is 6. The van der Waals surface area contributed by atoms with Gasteiger partial charge in [0.1, 0.15) is 0 Å². The number of thiophene rings is 1. The van der Waals surface area contributed by atoms with Gasteiger partial charge < -0.3 is 0 Å². The Balaban J connectivity index is 1.87. The summed E-state index contributed by atoms with van der Waals surface area (Å²) in [6.45, 7) is 2.18. The van der Waals surface area contributed by atoms with E-state index in [1.54, 1.807) is 17.4 Å². The molecule has 0 radical (unpaired) electrons. The van der Waals surface area contributed by atoms with Gasteiger partial charge in [-0.05, 0) is 41.1 Å². The first-order chi connectivity index (χ1) is 9.28. The van der Waals surface area contributed by atoms with Crippen LogP contribution >= 0.6 is 11.3 Å². The minimum absolute atomic E-state index is 0.171. The molecule has 7 heteroatoms. The standard InChI is InChI=1S/C12H15N5OS/c1-2-3-4-9-7-10(19-8-9)5-6-11(18)13-12-14-16-17-15-12/h5-8H,2-4H2,1H3,(H2,13,14,15,16,17,18). The Morgan fingerprint density at radius 2 is 2.47 bits per heavy atom. The maximum absolute atomic E-state index is 11.5. The van der Waals surface area contributed by atoms with Crippen LogP contribution < -0.4 is 5.32 Å². The van der Waals surface area contributed by atoms with E-state index in [4.69, 9.17) is 0 Å². The van der Waals surface area contributed by atoms with Crippen molar-refractivity contribution in [2.75, 3.05) is 5.32 Å². The molecule has 2 heterocycles. The smallest absolute Gasteiger partial charge is 0.270 e. The number of aromatic nitrogens is 4. The number of nitrogens with one attached hydrogen (secondary N) is 2. The first-order valence-electron chi connectivity index (χ1n) is 6.08. The van der Waals surface area contributed by atoms with Gasteiger partial charge in [-0.3, -0.25) is 10.1 Å². The van der Waals surface area contributed by atoms with Crippen LogP contribution in [0.5, 0.6) is 0 Å². The lowest BCUT2D eigenvalue weighted by Gasteiger charge is -1.93. The number of nitrogens with zero attached hydrogens (tertiary/aromatic N) is 3. The summed E-state index contributed by atoms with van der Waals surface area (Å²) in [4.78, 5) is 12.6. The van der Waals surface area contributed by atoms with Crippen LogP contribution in [0.4, 0.5) is 5.95 Å². The average molecular weight is 277 g/mol. The summed E-state index contributed by atoms with van der Waals surface area (Å²) in [6.07, 6.45) is 6.73. The summed E-state index contributed by atoms with van der Waals surface area (Å²) in [6, 6.07) is 2.11. The number of carbonyl (C=O) groups is 1. The van der Waals surface area contributed by atoms with Gasteiger partial charge in [0.15, 0.2) is 0 Å². The molecule has 6 nitrogen and oxygen atoms in total. The van der Waals surface area contributed by atoms with Gasteiger partial charge in [-0.1, -0.05) is 18.4 Å². The van der Waals surface area contributed by atoms with Crippen LogP contribution in [-0.4, -0.2) is 26.5 Å². The molecule has 19 heavy (non-hydrogen) atoms. The van der Waals surface area contributed by atoms with E-state index in [-0.39, 0.29) is 11.9 Å². The molecule has 0 aliphatic rings. The minimum atomic E-state index is -0.273. The van der Waals surface area contributed by atoms with E-state index in [0.29, 0.717) is 0 Å². The zero-order valence-corrected chi connectivity index (χ0v) is 11.4. The fourth-order valence-corrected chi connectivity index (χ4v) is 2.36. The Morgan fingerprint density at radius 1 is 1.58 bits per heavy atom. The molecular formula is C12H15N5OS. The quantitative estimate of drug-likeness (QED) is 0.793. The zero-order valence-electron chi connectivity index (χ0n) is 10.6. The third-order valence-electron chi connectivity index (χ3n) is 2.47. The van der Waals surface area contributed by atoms with E-state index in [9.17, 15) is 4.79 Å². The number of tetrazole rings is 1. The highest BCUT2D eigenvalue weighted by Crippen LogP contribution is 2.18. The van der Waals surface area contributed by atoms with Crippen LogP contribution in [-0.2, 0) is 11.2 Å². The third-order valence-corrected chi connectivity index (χ3v) is 3.42. The minimum Gasteiger partial charge on any atom is -0.288 e. The fraction of sp³-hybridized carbons (Fsp3) is 0.333. The first kappa shape index (κ1) is 13.4. The van der Waals surface area contributed by atoms with E-state index in [0.717, 1.165) is 11.3 Å². The number of unbranched alkanes of at least 4 members (excludes halogenated alkanes) is 1. The molecule has 0 spiro atoms. The number of H-pyrrole nitrogens is 1. The van der Waals surface area contributed by atoms with Crippen LogP contribution in [0.3, 0.4) is 0 Å². The van der Waals surface area contributed by atoms with Gasteiger partial charge in [-0.2, -0.15) is 5.21 Å². The predicted molar refractivity (Wildman–Crippen MR) is 74.8 cm³/mol. The van der Waals surface area contributed by atoms with Crippen molar-refractivity contribution in [2.45, 2.75) is 26.2 Å². The fourth-order valence-electron chi connectivity index (χ4n) is 1.52. The maximum Gasteiger partial charge on any atom is 0.270 e. The second-order valence-electron chi connectivity index (χ2n) is 4.02. The van der Waals surface area contributed by atoms with Crippen molar-refractivity contribution in [3.8, 4) is 0 Å².